The number of benzene rings is 1. The van der Waals surface area contributed by atoms with Crippen molar-refractivity contribution in [1.82, 2.24) is 15.2 Å². The molecule has 1 heterocycles. The van der Waals surface area contributed by atoms with Crippen molar-refractivity contribution in [1.29, 1.82) is 0 Å². The van der Waals surface area contributed by atoms with Gasteiger partial charge in [0.1, 0.15) is 6.42 Å². The molecular formula is C18H21N3O2. The van der Waals surface area contributed by atoms with E-state index in [1.807, 2.05) is 49.4 Å². The molecule has 0 unspecified atom stereocenters. The second kappa shape index (κ2) is 8.68. The Balaban J connectivity index is 1.82. The van der Waals surface area contributed by atoms with Crippen LogP contribution in [0.2, 0.25) is 0 Å². The number of nitrogens with one attached hydrogen (secondary N) is 1. The molecule has 0 aliphatic carbocycles. The Morgan fingerprint density at radius 3 is 2.39 bits per heavy atom. The highest BCUT2D eigenvalue weighted by Gasteiger charge is 2.16. The molecule has 0 atom stereocenters. The average molecular weight is 311 g/mol. The Labute approximate surface area is 136 Å². The summed E-state index contributed by atoms with van der Waals surface area (Å²) in [7, 11) is 0. The maximum absolute atomic E-state index is 12.3. The number of carbonyl (C=O) groups is 2. The molecule has 0 radical (unpaired) electrons. The maximum atomic E-state index is 12.3. The van der Waals surface area contributed by atoms with Crippen molar-refractivity contribution in [3.8, 4) is 0 Å². The quantitative estimate of drug-likeness (QED) is 0.797. The predicted molar refractivity (Wildman–Crippen MR) is 88.2 cm³/mol. The van der Waals surface area contributed by atoms with Gasteiger partial charge in [-0.15, -0.1) is 0 Å². The minimum atomic E-state index is -0.265. The summed E-state index contributed by atoms with van der Waals surface area (Å²) in [6.45, 7) is 3.41. The molecule has 120 valence electrons. The Hall–Kier alpha value is -2.69. The van der Waals surface area contributed by atoms with E-state index in [-0.39, 0.29) is 18.2 Å². The van der Waals surface area contributed by atoms with Crippen molar-refractivity contribution >= 4 is 11.8 Å². The Kier molecular flexibility index (Phi) is 6.29. The number of rotatable bonds is 7. The summed E-state index contributed by atoms with van der Waals surface area (Å²) in [5.74, 6) is -0.429. The zero-order valence-corrected chi connectivity index (χ0v) is 13.2. The Bertz CT molecular complexity index is 629. The van der Waals surface area contributed by atoms with E-state index in [2.05, 4.69) is 10.3 Å². The molecule has 5 nitrogen and oxygen atoms in total. The first-order valence-corrected chi connectivity index (χ1v) is 7.66. The normalized spacial score (nSPS) is 10.1. The van der Waals surface area contributed by atoms with E-state index in [1.54, 1.807) is 17.3 Å². The van der Waals surface area contributed by atoms with Crippen molar-refractivity contribution in [3.63, 3.8) is 0 Å². The number of pyridine rings is 1. The number of hydrogen-bond donors (Lipinski definition) is 1. The van der Waals surface area contributed by atoms with Gasteiger partial charge in [-0.1, -0.05) is 30.3 Å². The number of aromatic nitrogens is 1. The monoisotopic (exact) mass is 311 g/mol. The third-order valence-electron chi connectivity index (χ3n) is 3.50. The molecule has 0 fully saturated rings. The third kappa shape index (κ3) is 5.54. The van der Waals surface area contributed by atoms with Gasteiger partial charge in [0.05, 0.1) is 0 Å². The van der Waals surface area contributed by atoms with Crippen molar-refractivity contribution in [2.75, 3.05) is 6.54 Å². The minimum absolute atomic E-state index is 0.133. The summed E-state index contributed by atoms with van der Waals surface area (Å²) < 4.78 is 0. The molecule has 1 aromatic carbocycles. The van der Waals surface area contributed by atoms with Crippen LogP contribution in [0, 0.1) is 0 Å². The van der Waals surface area contributed by atoms with Gasteiger partial charge in [0.2, 0.25) is 11.8 Å². The average Bonchev–Trinajstić information content (AvgIpc) is 2.59. The molecule has 0 saturated carbocycles. The van der Waals surface area contributed by atoms with Crippen LogP contribution in [0.5, 0.6) is 0 Å². The number of carbonyl (C=O) groups excluding carboxylic acids is 2. The minimum Gasteiger partial charge on any atom is -0.352 e. The highest BCUT2D eigenvalue weighted by Crippen LogP contribution is 2.06. The number of hydrogen-bond acceptors (Lipinski definition) is 3. The molecule has 0 aliphatic rings. The second-order valence-electron chi connectivity index (χ2n) is 5.20. The molecule has 23 heavy (non-hydrogen) atoms. The Morgan fingerprint density at radius 2 is 1.74 bits per heavy atom. The molecular weight excluding hydrogens is 290 g/mol. The molecule has 0 bridgehead atoms. The smallest absolute Gasteiger partial charge is 0.232 e. The van der Waals surface area contributed by atoms with Gasteiger partial charge in [0.15, 0.2) is 0 Å². The van der Waals surface area contributed by atoms with E-state index < -0.39 is 0 Å². The summed E-state index contributed by atoms with van der Waals surface area (Å²) in [5.41, 5.74) is 2.01. The van der Waals surface area contributed by atoms with E-state index in [1.165, 1.54) is 0 Å². The highest BCUT2D eigenvalue weighted by molar-refractivity contribution is 5.96. The van der Waals surface area contributed by atoms with Gasteiger partial charge in [-0.3, -0.25) is 14.6 Å². The van der Waals surface area contributed by atoms with Crippen molar-refractivity contribution < 1.29 is 9.59 Å². The van der Waals surface area contributed by atoms with Crippen LogP contribution >= 0.6 is 0 Å². The van der Waals surface area contributed by atoms with Gasteiger partial charge in [-0.05, 0) is 30.2 Å². The Morgan fingerprint density at radius 1 is 1.04 bits per heavy atom. The largest absolute Gasteiger partial charge is 0.352 e. The summed E-state index contributed by atoms with van der Waals surface area (Å²) in [4.78, 5) is 29.8. The van der Waals surface area contributed by atoms with Crippen molar-refractivity contribution in [2.45, 2.75) is 26.4 Å². The molecule has 2 aromatic rings. The van der Waals surface area contributed by atoms with Crippen LogP contribution in [-0.2, 0) is 22.7 Å². The SMILES string of the molecule is CCN(Cc1ccccc1)C(=O)CC(=O)NCc1ccncc1. The van der Waals surface area contributed by atoms with Crippen molar-refractivity contribution in [2.24, 2.45) is 0 Å². The predicted octanol–water partition coefficient (Wildman–Crippen LogP) is 2.14. The molecule has 0 saturated heterocycles. The summed E-state index contributed by atoms with van der Waals surface area (Å²) in [6.07, 6.45) is 3.21. The van der Waals surface area contributed by atoms with Gasteiger partial charge in [0, 0.05) is 32.0 Å². The van der Waals surface area contributed by atoms with E-state index >= 15 is 0 Å². The van der Waals surface area contributed by atoms with E-state index in [0.29, 0.717) is 19.6 Å². The molecule has 1 N–H and O–H groups in total. The van der Waals surface area contributed by atoms with Gasteiger partial charge < -0.3 is 10.2 Å². The molecule has 0 aliphatic heterocycles. The molecule has 0 spiro atoms. The summed E-state index contributed by atoms with van der Waals surface area (Å²) in [5, 5.41) is 2.76. The standard InChI is InChI=1S/C18H21N3O2/c1-2-21(14-16-6-4-3-5-7-16)18(23)12-17(22)20-13-15-8-10-19-11-9-15/h3-11H,2,12-14H2,1H3,(H,20,22). The van der Waals surface area contributed by atoms with Crippen LogP contribution in [0.4, 0.5) is 0 Å². The van der Waals surface area contributed by atoms with Crippen molar-refractivity contribution in [3.05, 3.63) is 66.0 Å². The zero-order valence-electron chi connectivity index (χ0n) is 13.2. The fourth-order valence-electron chi connectivity index (χ4n) is 2.19. The lowest BCUT2D eigenvalue weighted by Gasteiger charge is -2.20. The van der Waals surface area contributed by atoms with E-state index in [9.17, 15) is 9.59 Å². The van der Waals surface area contributed by atoms with Crippen LogP contribution in [0.3, 0.4) is 0 Å². The summed E-state index contributed by atoms with van der Waals surface area (Å²) >= 11 is 0. The van der Waals surface area contributed by atoms with Crippen LogP contribution in [0.25, 0.3) is 0 Å². The van der Waals surface area contributed by atoms with E-state index in [4.69, 9.17) is 0 Å². The fraction of sp³-hybridized carbons (Fsp3) is 0.278. The summed E-state index contributed by atoms with van der Waals surface area (Å²) in [6, 6.07) is 13.4. The van der Waals surface area contributed by atoms with Gasteiger partial charge in [-0.2, -0.15) is 0 Å². The van der Waals surface area contributed by atoms with E-state index in [0.717, 1.165) is 11.1 Å². The van der Waals surface area contributed by atoms with Crippen LogP contribution < -0.4 is 5.32 Å². The first-order chi connectivity index (χ1) is 11.2. The van der Waals surface area contributed by atoms with Gasteiger partial charge >= 0.3 is 0 Å². The van der Waals surface area contributed by atoms with Crippen LogP contribution in [0.15, 0.2) is 54.9 Å². The highest BCUT2D eigenvalue weighted by atomic mass is 16.2. The second-order valence-corrected chi connectivity index (χ2v) is 5.20. The van der Waals surface area contributed by atoms with Gasteiger partial charge in [-0.25, -0.2) is 0 Å². The lowest BCUT2D eigenvalue weighted by molar-refractivity contribution is -0.136. The molecule has 1 aromatic heterocycles. The number of nitrogens with zero attached hydrogens (tertiary/aromatic N) is 2. The van der Waals surface area contributed by atoms with Crippen LogP contribution in [-0.4, -0.2) is 28.2 Å². The maximum Gasteiger partial charge on any atom is 0.232 e. The lowest BCUT2D eigenvalue weighted by Crippen LogP contribution is -2.35. The fourth-order valence-corrected chi connectivity index (χ4v) is 2.19. The molecule has 2 amide bonds. The zero-order chi connectivity index (χ0) is 16.5. The van der Waals surface area contributed by atoms with Gasteiger partial charge in [0.25, 0.3) is 0 Å². The first-order valence-electron chi connectivity index (χ1n) is 7.66. The topological polar surface area (TPSA) is 62.3 Å². The lowest BCUT2D eigenvalue weighted by atomic mass is 10.2. The first kappa shape index (κ1) is 16.7. The molecule has 5 heteroatoms. The number of amides is 2. The third-order valence-corrected chi connectivity index (χ3v) is 3.50. The van der Waals surface area contributed by atoms with Crippen LogP contribution in [0.1, 0.15) is 24.5 Å². The molecule has 2 rings (SSSR count).